The fourth-order valence-corrected chi connectivity index (χ4v) is 5.48. The molecule has 0 fully saturated rings. The van der Waals surface area contributed by atoms with E-state index in [9.17, 15) is 5.11 Å². The molecular formula is C29H49NO2S. The van der Waals surface area contributed by atoms with E-state index in [-0.39, 0.29) is 0 Å². The largest absolute Gasteiger partial charge is 0.494 e. The average molecular weight is 476 g/mol. The van der Waals surface area contributed by atoms with Crippen molar-refractivity contribution in [1.29, 1.82) is 0 Å². The molecular weight excluding hydrogens is 426 g/mol. The van der Waals surface area contributed by atoms with Crippen molar-refractivity contribution >= 4 is 21.4 Å². The molecule has 1 heterocycles. The van der Waals surface area contributed by atoms with Crippen LogP contribution in [-0.2, 0) is 0 Å². The molecule has 2 rings (SSSR count). The van der Waals surface area contributed by atoms with Crippen molar-refractivity contribution in [2.24, 2.45) is 0 Å². The molecule has 33 heavy (non-hydrogen) atoms. The Balaban J connectivity index is 1.43. The van der Waals surface area contributed by atoms with Gasteiger partial charge in [0.05, 0.1) is 6.61 Å². The Kier molecular flexibility index (Phi) is 15.6. The molecule has 2 N–H and O–H groups in total. The highest BCUT2D eigenvalue weighted by Crippen LogP contribution is 2.32. The number of hydrogen-bond acceptors (Lipinski definition) is 4. The van der Waals surface area contributed by atoms with Crippen molar-refractivity contribution < 1.29 is 9.84 Å². The lowest BCUT2D eigenvalue weighted by Gasteiger charge is -2.13. The van der Waals surface area contributed by atoms with Crippen LogP contribution in [0, 0.1) is 0 Å². The second-order valence-electron chi connectivity index (χ2n) is 9.44. The Hall–Kier alpha value is -1.10. The number of ether oxygens (including phenoxy) is 1. The Labute approximate surface area is 207 Å². The Morgan fingerprint density at radius 2 is 1.33 bits per heavy atom. The second kappa shape index (κ2) is 18.3. The third-order valence-corrected chi connectivity index (χ3v) is 7.53. The molecule has 1 atom stereocenters. The molecule has 1 aromatic carbocycles. The van der Waals surface area contributed by atoms with Gasteiger partial charge in [0.1, 0.15) is 12.0 Å². The summed E-state index contributed by atoms with van der Waals surface area (Å²) in [5.41, 5.74) is 0.966. The van der Waals surface area contributed by atoms with Gasteiger partial charge in [0, 0.05) is 15.6 Å². The van der Waals surface area contributed by atoms with E-state index in [1.165, 1.54) is 101 Å². The third kappa shape index (κ3) is 11.7. The van der Waals surface area contributed by atoms with Crippen LogP contribution >= 0.6 is 11.3 Å². The number of rotatable bonds is 21. The number of fused-ring (bicyclic) bond motifs is 1. The third-order valence-electron chi connectivity index (χ3n) is 6.55. The number of aliphatic hydroxyl groups excluding tert-OH is 1. The topological polar surface area (TPSA) is 41.5 Å². The van der Waals surface area contributed by atoms with Crippen molar-refractivity contribution in [3.63, 3.8) is 0 Å². The normalized spacial score (nSPS) is 12.5. The Morgan fingerprint density at radius 1 is 0.788 bits per heavy atom. The van der Waals surface area contributed by atoms with E-state index in [0.717, 1.165) is 29.7 Å². The van der Waals surface area contributed by atoms with Gasteiger partial charge in [-0.05, 0) is 43.5 Å². The van der Waals surface area contributed by atoms with E-state index < -0.39 is 6.23 Å². The van der Waals surface area contributed by atoms with Crippen molar-refractivity contribution in [2.45, 2.75) is 123 Å². The van der Waals surface area contributed by atoms with Crippen LogP contribution in [0.1, 0.15) is 128 Å². The standard InChI is InChI=1S/C29H49NO2S/c1-3-5-6-7-8-9-10-11-12-13-14-15-16-17-18-19-22-30-29(31)27-24-33-28-21-20-25(32-4-2)23-26(27)28/h20-21,23-24,29-31H,3-19,22H2,1-2H3. The van der Waals surface area contributed by atoms with Crippen molar-refractivity contribution in [1.82, 2.24) is 5.32 Å². The van der Waals surface area contributed by atoms with Crippen molar-refractivity contribution in [2.75, 3.05) is 13.2 Å². The molecule has 0 amide bonds. The minimum absolute atomic E-state index is 0.605. The predicted molar refractivity (Wildman–Crippen MR) is 146 cm³/mol. The first-order valence-corrected chi connectivity index (χ1v) is 14.7. The van der Waals surface area contributed by atoms with Gasteiger partial charge in [-0.2, -0.15) is 0 Å². The molecule has 0 aliphatic carbocycles. The molecule has 2 aromatic rings. The molecule has 1 aromatic heterocycles. The smallest absolute Gasteiger partial charge is 0.132 e. The van der Waals surface area contributed by atoms with Gasteiger partial charge in [0.2, 0.25) is 0 Å². The fourth-order valence-electron chi connectivity index (χ4n) is 4.52. The first-order valence-electron chi connectivity index (χ1n) is 13.8. The minimum Gasteiger partial charge on any atom is -0.494 e. The second-order valence-corrected chi connectivity index (χ2v) is 10.4. The molecule has 4 heteroatoms. The molecule has 0 aliphatic heterocycles. The van der Waals surface area contributed by atoms with Crippen LogP contribution < -0.4 is 10.1 Å². The lowest BCUT2D eigenvalue weighted by atomic mass is 10.0. The first kappa shape index (κ1) is 28.1. The number of nitrogens with one attached hydrogen (secondary N) is 1. The summed E-state index contributed by atoms with van der Waals surface area (Å²) in [6.07, 6.45) is 21.5. The lowest BCUT2D eigenvalue weighted by Crippen LogP contribution is -2.21. The zero-order valence-corrected chi connectivity index (χ0v) is 22.2. The summed E-state index contributed by atoms with van der Waals surface area (Å²) in [6, 6.07) is 6.13. The zero-order chi connectivity index (χ0) is 23.6. The Bertz CT molecular complexity index is 729. The van der Waals surface area contributed by atoms with Crippen LogP contribution in [0.2, 0.25) is 0 Å². The highest BCUT2D eigenvalue weighted by Gasteiger charge is 2.13. The van der Waals surface area contributed by atoms with Crippen molar-refractivity contribution in [3.05, 3.63) is 29.1 Å². The molecule has 0 aliphatic rings. The minimum atomic E-state index is -0.605. The summed E-state index contributed by atoms with van der Waals surface area (Å²) < 4.78 is 6.81. The molecule has 3 nitrogen and oxygen atoms in total. The highest BCUT2D eigenvalue weighted by atomic mass is 32.1. The molecule has 0 radical (unpaired) electrons. The maximum absolute atomic E-state index is 10.6. The lowest BCUT2D eigenvalue weighted by molar-refractivity contribution is 0.140. The number of hydrogen-bond donors (Lipinski definition) is 2. The first-order chi connectivity index (χ1) is 16.3. The quantitative estimate of drug-likeness (QED) is 0.140. The van der Waals surface area contributed by atoms with E-state index >= 15 is 0 Å². The monoisotopic (exact) mass is 475 g/mol. The van der Waals surface area contributed by atoms with Gasteiger partial charge in [-0.3, -0.25) is 5.32 Å². The van der Waals surface area contributed by atoms with E-state index in [4.69, 9.17) is 4.74 Å². The molecule has 0 bridgehead atoms. The van der Waals surface area contributed by atoms with Crippen LogP contribution in [0.25, 0.3) is 10.1 Å². The zero-order valence-electron chi connectivity index (χ0n) is 21.4. The number of thiophene rings is 1. The van der Waals surface area contributed by atoms with Gasteiger partial charge >= 0.3 is 0 Å². The van der Waals surface area contributed by atoms with Gasteiger partial charge in [-0.15, -0.1) is 11.3 Å². The summed E-state index contributed by atoms with van der Waals surface area (Å²) in [6.45, 7) is 5.80. The van der Waals surface area contributed by atoms with E-state index in [2.05, 4.69) is 23.7 Å². The molecule has 188 valence electrons. The van der Waals surface area contributed by atoms with Crippen molar-refractivity contribution in [3.8, 4) is 5.75 Å². The van der Waals surface area contributed by atoms with Crippen LogP contribution in [0.5, 0.6) is 5.75 Å². The van der Waals surface area contributed by atoms with Crippen LogP contribution in [0.4, 0.5) is 0 Å². The predicted octanol–water partition coefficient (Wildman–Crippen LogP) is 9.14. The van der Waals surface area contributed by atoms with Gasteiger partial charge < -0.3 is 9.84 Å². The number of benzene rings is 1. The summed E-state index contributed by atoms with van der Waals surface area (Å²) in [7, 11) is 0. The number of unbranched alkanes of at least 4 members (excludes halogenated alkanes) is 15. The summed E-state index contributed by atoms with van der Waals surface area (Å²) in [5, 5.41) is 17.1. The highest BCUT2D eigenvalue weighted by molar-refractivity contribution is 7.17. The maximum Gasteiger partial charge on any atom is 0.132 e. The van der Waals surface area contributed by atoms with Crippen LogP contribution in [-0.4, -0.2) is 18.3 Å². The summed E-state index contributed by atoms with van der Waals surface area (Å²) >= 11 is 1.68. The molecule has 0 saturated carbocycles. The van der Waals surface area contributed by atoms with E-state index in [1.54, 1.807) is 11.3 Å². The summed E-state index contributed by atoms with van der Waals surface area (Å²) in [4.78, 5) is 0. The molecule has 0 spiro atoms. The fraction of sp³-hybridized carbons (Fsp3) is 0.724. The number of aliphatic hydroxyl groups is 1. The molecule has 1 unspecified atom stereocenters. The SMILES string of the molecule is CCCCCCCCCCCCCCCCCCNC(O)c1csc2ccc(OCC)cc12. The van der Waals surface area contributed by atoms with Gasteiger partial charge in [0.15, 0.2) is 0 Å². The Morgan fingerprint density at radius 3 is 1.88 bits per heavy atom. The van der Waals surface area contributed by atoms with E-state index in [0.29, 0.717) is 6.61 Å². The maximum atomic E-state index is 10.6. The summed E-state index contributed by atoms with van der Waals surface area (Å²) in [5.74, 6) is 0.870. The molecule has 0 saturated heterocycles. The van der Waals surface area contributed by atoms with Gasteiger partial charge in [-0.1, -0.05) is 103 Å². The average Bonchev–Trinajstić information content (AvgIpc) is 3.24. The van der Waals surface area contributed by atoms with Gasteiger partial charge in [0.25, 0.3) is 0 Å². The van der Waals surface area contributed by atoms with E-state index in [1.807, 2.05) is 19.1 Å². The van der Waals surface area contributed by atoms with Crippen LogP contribution in [0.15, 0.2) is 23.6 Å². The van der Waals surface area contributed by atoms with Gasteiger partial charge in [-0.25, -0.2) is 0 Å². The van der Waals surface area contributed by atoms with Crippen LogP contribution in [0.3, 0.4) is 0 Å².